The zero-order chi connectivity index (χ0) is 17.5. The first-order valence-corrected chi connectivity index (χ1v) is 8.82. The number of methoxy groups -OCH3 is 1. The maximum Gasteiger partial charge on any atom is 0.230 e. The van der Waals surface area contributed by atoms with Crippen molar-refractivity contribution in [1.29, 1.82) is 0 Å². The molecule has 5 nitrogen and oxygen atoms in total. The van der Waals surface area contributed by atoms with E-state index in [1.165, 1.54) is 11.8 Å². The van der Waals surface area contributed by atoms with E-state index in [9.17, 15) is 4.79 Å². The smallest absolute Gasteiger partial charge is 0.230 e. The van der Waals surface area contributed by atoms with E-state index >= 15 is 0 Å². The second-order valence-corrected chi connectivity index (χ2v) is 6.48. The van der Waals surface area contributed by atoms with Crippen molar-refractivity contribution in [2.45, 2.75) is 32.3 Å². The number of aromatic nitrogens is 2. The molecule has 0 aliphatic carbocycles. The molecule has 0 saturated heterocycles. The van der Waals surface area contributed by atoms with Crippen molar-refractivity contribution in [3.63, 3.8) is 0 Å². The van der Waals surface area contributed by atoms with Crippen LogP contribution in [0.4, 0.5) is 0 Å². The van der Waals surface area contributed by atoms with Crippen molar-refractivity contribution in [1.82, 2.24) is 15.3 Å². The van der Waals surface area contributed by atoms with Crippen LogP contribution in [0.5, 0.6) is 5.75 Å². The van der Waals surface area contributed by atoms with Gasteiger partial charge in [-0.3, -0.25) is 4.79 Å². The topological polar surface area (TPSA) is 64.1 Å². The molecule has 0 spiro atoms. The van der Waals surface area contributed by atoms with Gasteiger partial charge in [-0.05, 0) is 50.5 Å². The molecule has 24 heavy (non-hydrogen) atoms. The molecule has 0 atom stereocenters. The van der Waals surface area contributed by atoms with E-state index in [-0.39, 0.29) is 5.91 Å². The minimum atomic E-state index is -0.00649. The second-order valence-electron chi connectivity index (χ2n) is 5.54. The molecular weight excluding hydrogens is 322 g/mol. The molecule has 0 unspecified atom stereocenters. The number of nitrogens with one attached hydrogen (secondary N) is 1. The van der Waals surface area contributed by atoms with E-state index in [1.54, 1.807) is 7.11 Å². The van der Waals surface area contributed by atoms with Gasteiger partial charge in [-0.15, -0.1) is 0 Å². The van der Waals surface area contributed by atoms with Crippen LogP contribution in [0.2, 0.25) is 0 Å². The van der Waals surface area contributed by atoms with E-state index < -0.39 is 0 Å². The number of ether oxygens (including phenoxy) is 1. The van der Waals surface area contributed by atoms with Crippen LogP contribution in [-0.2, 0) is 11.2 Å². The first-order chi connectivity index (χ1) is 11.5. The van der Waals surface area contributed by atoms with Crippen LogP contribution in [0.25, 0.3) is 0 Å². The van der Waals surface area contributed by atoms with Gasteiger partial charge in [-0.2, -0.15) is 0 Å². The summed E-state index contributed by atoms with van der Waals surface area (Å²) in [6.07, 6.45) is 0.791. The van der Waals surface area contributed by atoms with Crippen molar-refractivity contribution >= 4 is 17.7 Å². The lowest BCUT2D eigenvalue weighted by atomic mass is 10.1. The highest BCUT2D eigenvalue weighted by Crippen LogP contribution is 2.16. The molecule has 0 saturated carbocycles. The summed E-state index contributed by atoms with van der Waals surface area (Å²) in [5.41, 5.74) is 4.19. The normalized spacial score (nSPS) is 10.5. The van der Waals surface area contributed by atoms with E-state index in [4.69, 9.17) is 4.74 Å². The first kappa shape index (κ1) is 18.3. The van der Waals surface area contributed by atoms with Crippen molar-refractivity contribution in [2.75, 3.05) is 19.4 Å². The first-order valence-electron chi connectivity index (χ1n) is 7.84. The molecule has 1 amide bonds. The Morgan fingerprint density at radius 2 is 1.75 bits per heavy atom. The number of benzene rings is 1. The molecule has 0 aliphatic rings. The van der Waals surface area contributed by atoms with Gasteiger partial charge in [-0.1, -0.05) is 23.9 Å². The fraction of sp³-hybridized carbons (Fsp3) is 0.389. The second kappa shape index (κ2) is 8.68. The molecule has 1 heterocycles. The summed E-state index contributed by atoms with van der Waals surface area (Å²) in [7, 11) is 1.65. The van der Waals surface area contributed by atoms with Crippen LogP contribution in [0.15, 0.2) is 29.4 Å². The predicted octanol–water partition coefficient (Wildman–Crippen LogP) is 2.86. The Bertz CT molecular complexity index is 679. The summed E-state index contributed by atoms with van der Waals surface area (Å²) in [5, 5.41) is 3.58. The Kier molecular flexibility index (Phi) is 6.61. The summed E-state index contributed by atoms with van der Waals surface area (Å²) in [6.45, 7) is 6.54. The number of nitrogens with zero attached hydrogens (tertiary/aromatic N) is 2. The maximum absolute atomic E-state index is 11.9. The van der Waals surface area contributed by atoms with E-state index in [0.29, 0.717) is 17.5 Å². The van der Waals surface area contributed by atoms with E-state index in [2.05, 4.69) is 15.3 Å². The summed E-state index contributed by atoms with van der Waals surface area (Å²) < 4.78 is 5.13. The minimum absolute atomic E-state index is 0.00649. The van der Waals surface area contributed by atoms with Crippen molar-refractivity contribution < 1.29 is 9.53 Å². The lowest BCUT2D eigenvalue weighted by Crippen LogP contribution is -2.27. The molecule has 2 rings (SSSR count). The molecule has 6 heteroatoms. The fourth-order valence-electron chi connectivity index (χ4n) is 2.13. The average molecular weight is 345 g/mol. The Labute approximate surface area is 147 Å². The van der Waals surface area contributed by atoms with Crippen molar-refractivity contribution in [3.05, 3.63) is 46.8 Å². The molecule has 0 aliphatic heterocycles. The molecule has 128 valence electrons. The predicted molar refractivity (Wildman–Crippen MR) is 96.7 cm³/mol. The Balaban J connectivity index is 1.75. The lowest BCUT2D eigenvalue weighted by Gasteiger charge is -2.08. The van der Waals surface area contributed by atoms with Crippen molar-refractivity contribution in [3.8, 4) is 5.75 Å². The minimum Gasteiger partial charge on any atom is -0.497 e. The number of aryl methyl sites for hydroxylation is 2. The van der Waals surface area contributed by atoms with Crippen LogP contribution in [0, 0.1) is 20.8 Å². The van der Waals surface area contributed by atoms with Gasteiger partial charge in [0.1, 0.15) is 5.75 Å². The third kappa shape index (κ3) is 5.23. The largest absolute Gasteiger partial charge is 0.497 e. The summed E-state index contributed by atoms with van der Waals surface area (Å²) in [5.74, 6) is 1.15. The molecule has 1 aromatic heterocycles. The number of amides is 1. The third-order valence-corrected chi connectivity index (χ3v) is 4.69. The van der Waals surface area contributed by atoms with Gasteiger partial charge < -0.3 is 10.1 Å². The number of thioether (sulfide) groups is 1. The molecule has 0 radical (unpaired) electrons. The molecule has 0 bridgehead atoms. The molecule has 1 N–H and O–H groups in total. The fourth-order valence-corrected chi connectivity index (χ4v) is 2.89. The number of rotatable bonds is 7. The third-order valence-electron chi connectivity index (χ3n) is 3.84. The summed E-state index contributed by atoms with van der Waals surface area (Å²) in [6, 6.07) is 7.86. The number of carbonyl (C=O) groups excluding carboxylic acids is 1. The molecular formula is C18H23N3O2S. The van der Waals surface area contributed by atoms with E-state index in [1.807, 2.05) is 45.0 Å². The van der Waals surface area contributed by atoms with Gasteiger partial charge >= 0.3 is 0 Å². The van der Waals surface area contributed by atoms with Gasteiger partial charge in [0.25, 0.3) is 0 Å². The van der Waals surface area contributed by atoms with Gasteiger partial charge in [-0.25, -0.2) is 9.97 Å². The lowest BCUT2D eigenvalue weighted by molar-refractivity contribution is -0.118. The van der Waals surface area contributed by atoms with Gasteiger partial charge in [0.15, 0.2) is 5.16 Å². The van der Waals surface area contributed by atoms with E-state index in [0.717, 1.165) is 34.7 Å². The zero-order valence-electron chi connectivity index (χ0n) is 14.5. The molecule has 1 aromatic carbocycles. The van der Waals surface area contributed by atoms with Gasteiger partial charge in [0, 0.05) is 17.9 Å². The number of hydrogen-bond acceptors (Lipinski definition) is 5. The highest BCUT2D eigenvalue weighted by Gasteiger charge is 2.08. The monoisotopic (exact) mass is 345 g/mol. The van der Waals surface area contributed by atoms with Gasteiger partial charge in [0.05, 0.1) is 12.9 Å². The van der Waals surface area contributed by atoms with Crippen LogP contribution >= 0.6 is 11.8 Å². The standard InChI is InChI=1S/C18H23N3O2S/c1-12-13(2)20-18(21-14(12)3)24-11-17(22)19-10-9-15-5-7-16(23-4)8-6-15/h5-8H,9-11H2,1-4H3,(H,19,22). The number of hydrogen-bond donors (Lipinski definition) is 1. The van der Waals surface area contributed by atoms with Crippen LogP contribution in [0.1, 0.15) is 22.5 Å². The van der Waals surface area contributed by atoms with Crippen LogP contribution in [-0.4, -0.2) is 35.3 Å². The summed E-state index contributed by atoms with van der Waals surface area (Å²) >= 11 is 1.37. The molecule has 0 fully saturated rings. The zero-order valence-corrected chi connectivity index (χ0v) is 15.4. The SMILES string of the molecule is COc1ccc(CCNC(=O)CSc2nc(C)c(C)c(C)n2)cc1. The Morgan fingerprint density at radius 1 is 1.12 bits per heavy atom. The van der Waals surface area contributed by atoms with Crippen LogP contribution < -0.4 is 10.1 Å². The van der Waals surface area contributed by atoms with Gasteiger partial charge in [0.2, 0.25) is 5.91 Å². The Morgan fingerprint density at radius 3 is 2.33 bits per heavy atom. The maximum atomic E-state index is 11.9. The highest BCUT2D eigenvalue weighted by atomic mass is 32.2. The highest BCUT2D eigenvalue weighted by molar-refractivity contribution is 7.99. The average Bonchev–Trinajstić information content (AvgIpc) is 2.58. The van der Waals surface area contributed by atoms with Crippen molar-refractivity contribution in [2.24, 2.45) is 0 Å². The van der Waals surface area contributed by atoms with Crippen LogP contribution in [0.3, 0.4) is 0 Å². The Hall–Kier alpha value is -2.08. The molecule has 2 aromatic rings. The quantitative estimate of drug-likeness (QED) is 0.617. The summed E-state index contributed by atoms with van der Waals surface area (Å²) in [4.78, 5) is 20.8. The number of carbonyl (C=O) groups is 1.